The van der Waals surface area contributed by atoms with Crippen molar-refractivity contribution in [1.82, 2.24) is 9.80 Å². The van der Waals surface area contributed by atoms with Gasteiger partial charge in [-0.2, -0.15) is 0 Å². The van der Waals surface area contributed by atoms with Crippen molar-refractivity contribution in [3.63, 3.8) is 0 Å². The van der Waals surface area contributed by atoms with Gasteiger partial charge in [0.25, 0.3) is 0 Å². The van der Waals surface area contributed by atoms with Crippen LogP contribution in [-0.4, -0.2) is 40.6 Å². The minimum absolute atomic E-state index is 0.0381. The Kier molecular flexibility index (Phi) is 6.42. The van der Waals surface area contributed by atoms with E-state index in [1.165, 1.54) is 29.0 Å². The van der Waals surface area contributed by atoms with Gasteiger partial charge in [0.1, 0.15) is 11.9 Å². The van der Waals surface area contributed by atoms with E-state index in [-0.39, 0.29) is 52.6 Å². The van der Waals surface area contributed by atoms with Gasteiger partial charge < -0.3 is 4.90 Å². The average molecular weight is 421 g/mol. The van der Waals surface area contributed by atoms with Gasteiger partial charge in [0.15, 0.2) is 0 Å². The maximum Gasteiger partial charge on any atom is 0.245 e. The van der Waals surface area contributed by atoms with Crippen molar-refractivity contribution in [1.29, 1.82) is 0 Å². The molecule has 1 aliphatic heterocycles. The van der Waals surface area contributed by atoms with Crippen molar-refractivity contribution in [2.24, 2.45) is 17.8 Å². The van der Waals surface area contributed by atoms with E-state index < -0.39 is 11.9 Å². The molecule has 1 aromatic carbocycles. The molecule has 29 heavy (non-hydrogen) atoms. The number of nitrogens with zero attached hydrogens (tertiary/aromatic N) is 2. The zero-order chi connectivity index (χ0) is 21.3. The highest BCUT2D eigenvalue weighted by molar-refractivity contribution is 6.31. The van der Waals surface area contributed by atoms with E-state index in [0.29, 0.717) is 19.3 Å². The summed E-state index contributed by atoms with van der Waals surface area (Å²) >= 11 is 6.09. The summed E-state index contributed by atoms with van der Waals surface area (Å²) in [6, 6.07) is 3.46. The normalized spacial score (nSPS) is 22.2. The van der Waals surface area contributed by atoms with E-state index in [1.807, 2.05) is 26.0 Å². The van der Waals surface area contributed by atoms with Crippen LogP contribution in [-0.2, 0) is 20.9 Å². The third-order valence-corrected chi connectivity index (χ3v) is 6.02. The molecule has 3 atom stereocenters. The summed E-state index contributed by atoms with van der Waals surface area (Å²) < 4.78 is 14.2. The smallest absolute Gasteiger partial charge is 0.245 e. The van der Waals surface area contributed by atoms with Crippen LogP contribution in [0.15, 0.2) is 30.4 Å². The zero-order valence-electron chi connectivity index (χ0n) is 16.9. The first-order valence-electron chi connectivity index (χ1n) is 9.92. The van der Waals surface area contributed by atoms with Crippen molar-refractivity contribution in [3.05, 3.63) is 46.8 Å². The number of halogens is 2. The molecule has 0 saturated carbocycles. The van der Waals surface area contributed by atoms with Crippen molar-refractivity contribution in [2.45, 2.75) is 45.7 Å². The second-order valence-corrected chi connectivity index (χ2v) is 8.65. The van der Waals surface area contributed by atoms with Gasteiger partial charge in [0.05, 0.1) is 11.8 Å². The van der Waals surface area contributed by atoms with Crippen molar-refractivity contribution < 1.29 is 18.8 Å². The lowest BCUT2D eigenvalue weighted by molar-refractivity contribution is -0.152. The molecule has 3 rings (SSSR count). The Morgan fingerprint density at radius 1 is 1.21 bits per heavy atom. The molecule has 0 N–H and O–H groups in total. The van der Waals surface area contributed by atoms with E-state index >= 15 is 0 Å². The molecule has 7 heteroatoms. The molecule has 156 valence electrons. The van der Waals surface area contributed by atoms with Crippen molar-refractivity contribution >= 4 is 29.3 Å². The lowest BCUT2D eigenvalue weighted by Crippen LogP contribution is -2.51. The van der Waals surface area contributed by atoms with Gasteiger partial charge in [-0.15, -0.1) is 0 Å². The number of carbonyl (C=O) groups excluding carboxylic acids is 3. The molecular formula is C22H26ClFN2O3. The summed E-state index contributed by atoms with van der Waals surface area (Å²) in [5, 5.41) is 0.232. The van der Waals surface area contributed by atoms with E-state index in [0.717, 1.165) is 0 Å². The van der Waals surface area contributed by atoms with Gasteiger partial charge >= 0.3 is 0 Å². The minimum Gasteiger partial charge on any atom is -0.339 e. The van der Waals surface area contributed by atoms with E-state index in [4.69, 9.17) is 11.6 Å². The number of fused-ring (bicyclic) bond motifs is 1. The maximum absolute atomic E-state index is 14.2. The highest BCUT2D eigenvalue weighted by Gasteiger charge is 2.51. The fourth-order valence-electron chi connectivity index (χ4n) is 4.15. The predicted molar refractivity (Wildman–Crippen MR) is 108 cm³/mol. The fourth-order valence-corrected chi connectivity index (χ4v) is 4.37. The Morgan fingerprint density at radius 2 is 1.79 bits per heavy atom. The predicted octanol–water partition coefficient (Wildman–Crippen LogP) is 3.80. The molecular weight excluding hydrogens is 395 g/mol. The van der Waals surface area contributed by atoms with Gasteiger partial charge in [0, 0.05) is 24.2 Å². The quantitative estimate of drug-likeness (QED) is 0.519. The first-order valence-corrected chi connectivity index (χ1v) is 10.3. The highest BCUT2D eigenvalue weighted by Crippen LogP contribution is 2.37. The third-order valence-electron chi connectivity index (χ3n) is 5.67. The average Bonchev–Trinajstić information content (AvgIpc) is 2.93. The van der Waals surface area contributed by atoms with Crippen molar-refractivity contribution in [2.75, 3.05) is 7.05 Å². The summed E-state index contributed by atoms with van der Waals surface area (Å²) in [5.74, 6) is -2.12. The van der Waals surface area contributed by atoms with E-state index in [2.05, 4.69) is 0 Å². The Hall–Kier alpha value is -2.21. The van der Waals surface area contributed by atoms with Crippen LogP contribution in [0.2, 0.25) is 5.02 Å². The van der Waals surface area contributed by atoms with Crippen LogP contribution < -0.4 is 0 Å². The van der Waals surface area contributed by atoms with Gasteiger partial charge in [-0.3, -0.25) is 19.3 Å². The SMILES string of the molecule is CC(C)CC(C(=O)N(C)Cc1c(F)cccc1Cl)N1C(=O)C2CC=CCC2C1=O. The Bertz CT molecular complexity index is 808. The molecule has 2 aliphatic rings. The van der Waals surface area contributed by atoms with Gasteiger partial charge in [0.2, 0.25) is 17.7 Å². The first kappa shape index (κ1) is 21.5. The van der Waals surface area contributed by atoms with Gasteiger partial charge in [-0.05, 0) is 37.3 Å². The molecule has 0 aromatic heterocycles. The molecule has 1 saturated heterocycles. The number of likely N-dealkylation sites (N-methyl/N-ethyl adjacent to an activating group) is 1. The highest BCUT2D eigenvalue weighted by atomic mass is 35.5. The number of benzene rings is 1. The molecule has 1 heterocycles. The molecule has 0 radical (unpaired) electrons. The number of allylic oxidation sites excluding steroid dienone is 2. The molecule has 3 amide bonds. The molecule has 1 fully saturated rings. The topological polar surface area (TPSA) is 57.7 Å². The second-order valence-electron chi connectivity index (χ2n) is 8.24. The first-order chi connectivity index (χ1) is 13.7. The number of rotatable bonds is 6. The maximum atomic E-state index is 14.2. The Balaban J connectivity index is 1.85. The van der Waals surface area contributed by atoms with Crippen LogP contribution in [0.25, 0.3) is 0 Å². The van der Waals surface area contributed by atoms with Crippen LogP contribution >= 0.6 is 11.6 Å². The number of hydrogen-bond acceptors (Lipinski definition) is 3. The second kappa shape index (κ2) is 8.66. The zero-order valence-corrected chi connectivity index (χ0v) is 17.7. The number of amides is 3. The molecule has 3 unspecified atom stereocenters. The van der Waals surface area contributed by atoms with E-state index in [9.17, 15) is 18.8 Å². The van der Waals surface area contributed by atoms with Crippen LogP contribution in [0, 0.1) is 23.6 Å². The third kappa shape index (κ3) is 4.22. The summed E-state index contributed by atoms with van der Waals surface area (Å²) in [7, 11) is 1.54. The van der Waals surface area contributed by atoms with Crippen LogP contribution in [0.1, 0.15) is 38.7 Å². The van der Waals surface area contributed by atoms with Crippen molar-refractivity contribution in [3.8, 4) is 0 Å². The van der Waals surface area contributed by atoms with Crippen LogP contribution in [0.4, 0.5) is 4.39 Å². The molecule has 1 aromatic rings. The summed E-state index contributed by atoms with van der Waals surface area (Å²) in [6.45, 7) is 3.84. The van der Waals surface area contributed by atoms with Crippen LogP contribution in [0.3, 0.4) is 0 Å². The lowest BCUT2D eigenvalue weighted by atomic mass is 9.85. The standard InChI is InChI=1S/C22H26ClFN2O3/c1-13(2)11-19(26-20(27)14-7-4-5-8-15(14)21(26)28)22(29)25(3)12-16-17(23)9-6-10-18(16)24/h4-6,9-10,13-15,19H,7-8,11-12H2,1-3H3. The largest absolute Gasteiger partial charge is 0.339 e. The summed E-state index contributed by atoms with van der Waals surface area (Å²) in [4.78, 5) is 41.8. The van der Waals surface area contributed by atoms with Gasteiger partial charge in [-0.25, -0.2) is 4.39 Å². The minimum atomic E-state index is -0.892. The fraction of sp³-hybridized carbons (Fsp3) is 0.500. The molecule has 0 spiro atoms. The van der Waals surface area contributed by atoms with E-state index in [1.54, 1.807) is 6.07 Å². The van der Waals surface area contributed by atoms with Crippen LogP contribution in [0.5, 0.6) is 0 Å². The Morgan fingerprint density at radius 3 is 2.31 bits per heavy atom. The lowest BCUT2D eigenvalue weighted by Gasteiger charge is -2.31. The number of imide groups is 1. The molecule has 1 aliphatic carbocycles. The van der Waals surface area contributed by atoms with Gasteiger partial charge in [-0.1, -0.05) is 43.7 Å². The summed E-state index contributed by atoms with van der Waals surface area (Å²) in [6.07, 6.45) is 5.24. The molecule has 5 nitrogen and oxygen atoms in total. The molecule has 0 bridgehead atoms. The monoisotopic (exact) mass is 420 g/mol. The number of likely N-dealkylation sites (tertiary alicyclic amines) is 1. The Labute approximate surface area is 175 Å². The number of carbonyl (C=O) groups is 3. The summed E-state index contributed by atoms with van der Waals surface area (Å²) in [5.41, 5.74) is 0.213. The number of hydrogen-bond donors (Lipinski definition) is 0.